The fourth-order valence-corrected chi connectivity index (χ4v) is 3.27. The normalized spacial score (nSPS) is 26.1. The van der Waals surface area contributed by atoms with Crippen LogP contribution in [0.2, 0.25) is 0 Å². The van der Waals surface area contributed by atoms with E-state index in [1.807, 2.05) is 6.92 Å². The van der Waals surface area contributed by atoms with Crippen molar-refractivity contribution in [3.8, 4) is 5.75 Å². The van der Waals surface area contributed by atoms with E-state index in [0.29, 0.717) is 6.10 Å². The van der Waals surface area contributed by atoms with Crippen LogP contribution >= 0.6 is 0 Å². The van der Waals surface area contributed by atoms with Gasteiger partial charge in [-0.2, -0.15) is 0 Å². The largest absolute Gasteiger partial charge is 0.490 e. The number of hydrogen-bond acceptors (Lipinski definition) is 3. The molecule has 1 saturated heterocycles. The van der Waals surface area contributed by atoms with Gasteiger partial charge in [0.2, 0.25) is 0 Å². The maximum atomic E-state index is 6.23. The Morgan fingerprint density at radius 3 is 2.80 bits per heavy atom. The van der Waals surface area contributed by atoms with Crippen LogP contribution in [0.15, 0.2) is 18.2 Å². The van der Waals surface area contributed by atoms with E-state index < -0.39 is 0 Å². The number of nitrogens with two attached hydrogens (primary N) is 1. The Balaban J connectivity index is 1.68. The monoisotopic (exact) mass is 275 g/mol. The first-order chi connectivity index (χ1) is 9.58. The number of benzene rings is 1. The number of rotatable bonds is 3. The molecule has 0 aromatic heterocycles. The Hall–Kier alpha value is -1.06. The van der Waals surface area contributed by atoms with E-state index in [2.05, 4.69) is 25.1 Å². The molecule has 3 rings (SSSR count). The molecule has 2 atom stereocenters. The van der Waals surface area contributed by atoms with Crippen LogP contribution in [0.1, 0.15) is 56.2 Å². The Morgan fingerprint density at radius 1 is 1.40 bits per heavy atom. The zero-order valence-electron chi connectivity index (χ0n) is 12.5. The number of hydrogen-bond donors (Lipinski definition) is 1. The highest BCUT2D eigenvalue weighted by atomic mass is 16.5. The first-order valence-electron chi connectivity index (χ1n) is 7.75. The molecule has 1 aliphatic heterocycles. The molecule has 2 N–H and O–H groups in total. The van der Waals surface area contributed by atoms with E-state index in [1.165, 1.54) is 24.8 Å². The minimum atomic E-state index is 0.0732. The van der Waals surface area contributed by atoms with Crippen molar-refractivity contribution in [1.82, 2.24) is 0 Å². The van der Waals surface area contributed by atoms with Crippen LogP contribution in [-0.4, -0.2) is 18.3 Å². The first kappa shape index (κ1) is 13.9. The molecule has 0 radical (unpaired) electrons. The Morgan fingerprint density at radius 2 is 2.20 bits per heavy atom. The summed E-state index contributed by atoms with van der Waals surface area (Å²) in [6, 6.07) is 6.35. The fraction of sp³-hybridized carbons (Fsp3) is 0.647. The highest BCUT2D eigenvalue weighted by Crippen LogP contribution is 2.43. The molecule has 0 bridgehead atoms. The molecular formula is C17H25NO2. The zero-order chi connectivity index (χ0) is 14.2. The molecule has 0 amide bonds. The van der Waals surface area contributed by atoms with Crippen LogP contribution in [0.5, 0.6) is 5.75 Å². The molecule has 1 aliphatic carbocycles. The van der Waals surface area contributed by atoms with Crippen LogP contribution in [0, 0.1) is 6.92 Å². The Labute approximate surface area is 121 Å². The summed E-state index contributed by atoms with van der Waals surface area (Å²) in [5.74, 6) is 0.996. The summed E-state index contributed by atoms with van der Waals surface area (Å²) in [5, 5.41) is 0. The second-order valence-electron chi connectivity index (χ2n) is 6.43. The first-order valence-corrected chi connectivity index (χ1v) is 7.75. The van der Waals surface area contributed by atoms with Gasteiger partial charge in [0.05, 0.1) is 12.2 Å². The highest BCUT2D eigenvalue weighted by Gasteiger charge is 2.43. The molecule has 1 heterocycles. The van der Waals surface area contributed by atoms with Gasteiger partial charge in [0.15, 0.2) is 0 Å². The van der Waals surface area contributed by atoms with Gasteiger partial charge in [0, 0.05) is 18.9 Å². The Kier molecular flexibility index (Phi) is 3.74. The smallest absolute Gasteiger partial charge is 0.122 e. The molecule has 1 aromatic rings. The van der Waals surface area contributed by atoms with Gasteiger partial charge >= 0.3 is 0 Å². The zero-order valence-corrected chi connectivity index (χ0v) is 12.5. The third-order valence-electron chi connectivity index (χ3n) is 4.73. The third-order valence-corrected chi connectivity index (χ3v) is 4.73. The van der Waals surface area contributed by atoms with Gasteiger partial charge in [-0.15, -0.1) is 0 Å². The number of ether oxygens (including phenoxy) is 2. The highest BCUT2D eigenvalue weighted by molar-refractivity contribution is 5.37. The molecule has 110 valence electrons. The third kappa shape index (κ3) is 2.70. The second kappa shape index (κ2) is 5.38. The Bertz CT molecular complexity index is 480. The van der Waals surface area contributed by atoms with Crippen LogP contribution in [-0.2, 0) is 4.74 Å². The second-order valence-corrected chi connectivity index (χ2v) is 6.43. The predicted octanol–water partition coefficient (Wildman–Crippen LogP) is 3.50. The fourth-order valence-electron chi connectivity index (χ4n) is 3.27. The van der Waals surface area contributed by atoms with E-state index in [9.17, 15) is 0 Å². The van der Waals surface area contributed by atoms with E-state index in [4.69, 9.17) is 15.2 Å². The summed E-state index contributed by atoms with van der Waals surface area (Å²) in [6.45, 7) is 4.94. The summed E-state index contributed by atoms with van der Waals surface area (Å²) in [7, 11) is 0. The lowest BCUT2D eigenvalue weighted by molar-refractivity contribution is -0.153. The lowest BCUT2D eigenvalue weighted by Crippen LogP contribution is -2.48. The SMILES string of the molecule is Cc1cc([C@@H](C)N)ccc1OC1CCOC2(CCC2)C1. The van der Waals surface area contributed by atoms with Crippen molar-refractivity contribution in [2.45, 2.75) is 63.7 Å². The van der Waals surface area contributed by atoms with Crippen molar-refractivity contribution in [3.63, 3.8) is 0 Å². The lowest BCUT2D eigenvalue weighted by atomic mass is 9.74. The molecule has 2 fully saturated rings. The minimum Gasteiger partial charge on any atom is -0.490 e. The molecular weight excluding hydrogens is 250 g/mol. The maximum absolute atomic E-state index is 6.23. The quantitative estimate of drug-likeness (QED) is 0.918. The predicted molar refractivity (Wildman–Crippen MR) is 80.0 cm³/mol. The van der Waals surface area contributed by atoms with Crippen molar-refractivity contribution in [3.05, 3.63) is 29.3 Å². The minimum absolute atomic E-state index is 0.0732. The van der Waals surface area contributed by atoms with Gasteiger partial charge in [0.1, 0.15) is 11.9 Å². The summed E-state index contributed by atoms with van der Waals surface area (Å²) >= 11 is 0. The van der Waals surface area contributed by atoms with Crippen molar-refractivity contribution in [2.75, 3.05) is 6.61 Å². The standard InChI is InChI=1S/C17H25NO2/c1-12-10-14(13(2)18)4-5-16(12)20-15-6-9-19-17(11-15)7-3-8-17/h4-5,10,13,15H,3,6-9,11,18H2,1-2H3/t13-,15?/m1/s1. The van der Waals surface area contributed by atoms with Crippen LogP contribution in [0.3, 0.4) is 0 Å². The van der Waals surface area contributed by atoms with Crippen molar-refractivity contribution < 1.29 is 9.47 Å². The van der Waals surface area contributed by atoms with Gasteiger partial charge in [-0.3, -0.25) is 0 Å². The maximum Gasteiger partial charge on any atom is 0.122 e. The average Bonchev–Trinajstić information content (AvgIpc) is 2.39. The number of aryl methyl sites for hydroxylation is 1. The van der Waals surface area contributed by atoms with Crippen LogP contribution in [0.4, 0.5) is 0 Å². The molecule has 2 aliphatic rings. The molecule has 20 heavy (non-hydrogen) atoms. The molecule has 3 heteroatoms. The van der Waals surface area contributed by atoms with Gasteiger partial charge < -0.3 is 15.2 Å². The summed E-state index contributed by atoms with van der Waals surface area (Å²) in [5.41, 5.74) is 8.40. The van der Waals surface area contributed by atoms with Gasteiger partial charge in [-0.25, -0.2) is 0 Å². The molecule has 1 spiro atoms. The van der Waals surface area contributed by atoms with E-state index in [0.717, 1.165) is 30.8 Å². The summed E-state index contributed by atoms with van der Waals surface area (Å²) < 4.78 is 12.2. The van der Waals surface area contributed by atoms with Crippen LogP contribution in [0.25, 0.3) is 0 Å². The molecule has 3 nitrogen and oxygen atoms in total. The van der Waals surface area contributed by atoms with Crippen molar-refractivity contribution in [1.29, 1.82) is 0 Å². The van der Waals surface area contributed by atoms with E-state index >= 15 is 0 Å². The average molecular weight is 275 g/mol. The molecule has 1 unspecified atom stereocenters. The van der Waals surface area contributed by atoms with E-state index in [-0.39, 0.29) is 11.6 Å². The summed E-state index contributed by atoms with van der Waals surface area (Å²) in [4.78, 5) is 0. The molecule has 1 saturated carbocycles. The molecule has 1 aromatic carbocycles. The van der Waals surface area contributed by atoms with Crippen molar-refractivity contribution in [2.24, 2.45) is 5.73 Å². The summed E-state index contributed by atoms with van der Waals surface area (Å²) in [6.07, 6.45) is 6.04. The van der Waals surface area contributed by atoms with Crippen molar-refractivity contribution >= 4 is 0 Å². The van der Waals surface area contributed by atoms with E-state index in [1.54, 1.807) is 0 Å². The lowest BCUT2D eigenvalue weighted by Gasteiger charge is -2.47. The van der Waals surface area contributed by atoms with Gasteiger partial charge in [0.25, 0.3) is 0 Å². The van der Waals surface area contributed by atoms with Gasteiger partial charge in [-0.1, -0.05) is 12.1 Å². The van der Waals surface area contributed by atoms with Crippen LogP contribution < -0.4 is 10.5 Å². The topological polar surface area (TPSA) is 44.5 Å². The van der Waals surface area contributed by atoms with Gasteiger partial charge in [-0.05, 0) is 50.3 Å².